The summed E-state index contributed by atoms with van der Waals surface area (Å²) in [6.07, 6.45) is 2.66. The third kappa shape index (κ3) is 5.33. The topological polar surface area (TPSA) is 79.0 Å². The predicted molar refractivity (Wildman–Crippen MR) is 108 cm³/mol. The smallest absolute Gasteiger partial charge is 0.261 e. The van der Waals surface area contributed by atoms with Gasteiger partial charge in [0.25, 0.3) is 5.91 Å². The number of benzene rings is 1. The van der Waals surface area contributed by atoms with Gasteiger partial charge in [0.1, 0.15) is 5.75 Å². The van der Waals surface area contributed by atoms with E-state index in [2.05, 4.69) is 5.32 Å². The highest BCUT2D eigenvalue weighted by Gasteiger charge is 2.44. The standard InChI is InChI=1S/C20H24FN3O4.ClH/c1-28-16-4-2-15(3-5-16)17(25)6-7-18(26)23-10-12-24(13-11-23)19(27)20(21)8-9-22-14-20;/h2-7,22H,8-14H2,1H3;1H/b7-6+;. The molecule has 9 heteroatoms. The number of carbonyl (C=O) groups is 3. The number of allylic oxidation sites excluding steroid dienone is 1. The molecule has 1 aromatic rings. The highest BCUT2D eigenvalue weighted by atomic mass is 35.5. The van der Waals surface area contributed by atoms with Crippen LogP contribution in [0, 0.1) is 0 Å². The van der Waals surface area contributed by atoms with E-state index < -0.39 is 11.6 Å². The lowest BCUT2D eigenvalue weighted by Crippen LogP contribution is -2.55. The zero-order chi connectivity index (χ0) is 20.1. The number of nitrogens with one attached hydrogen (secondary N) is 1. The number of rotatable bonds is 5. The minimum Gasteiger partial charge on any atom is -0.497 e. The highest BCUT2D eigenvalue weighted by Crippen LogP contribution is 2.23. The van der Waals surface area contributed by atoms with Crippen molar-refractivity contribution in [2.75, 3.05) is 46.4 Å². The molecule has 2 fully saturated rings. The SMILES string of the molecule is COc1ccc(C(=O)/C=C/C(=O)N2CCN(C(=O)C3(F)CCNC3)CC2)cc1.Cl. The average molecular weight is 426 g/mol. The second kappa shape index (κ2) is 9.84. The van der Waals surface area contributed by atoms with Crippen LogP contribution in [0.25, 0.3) is 0 Å². The van der Waals surface area contributed by atoms with Crippen molar-refractivity contribution >= 4 is 30.0 Å². The number of alkyl halides is 1. The van der Waals surface area contributed by atoms with Crippen molar-refractivity contribution in [2.45, 2.75) is 12.1 Å². The molecule has 0 saturated carbocycles. The van der Waals surface area contributed by atoms with Crippen LogP contribution in [0.3, 0.4) is 0 Å². The zero-order valence-corrected chi connectivity index (χ0v) is 17.0. The Bertz CT molecular complexity index is 770. The maximum atomic E-state index is 14.6. The maximum Gasteiger partial charge on any atom is 0.261 e. The van der Waals surface area contributed by atoms with Gasteiger partial charge in [-0.1, -0.05) is 0 Å². The van der Waals surface area contributed by atoms with E-state index in [1.54, 1.807) is 36.3 Å². The Morgan fingerprint density at radius 1 is 1.07 bits per heavy atom. The Balaban J connectivity index is 0.00000300. The van der Waals surface area contributed by atoms with E-state index in [9.17, 15) is 18.8 Å². The van der Waals surface area contributed by atoms with Crippen LogP contribution in [0.15, 0.2) is 36.4 Å². The van der Waals surface area contributed by atoms with Crippen molar-refractivity contribution < 1.29 is 23.5 Å². The Morgan fingerprint density at radius 3 is 2.24 bits per heavy atom. The van der Waals surface area contributed by atoms with Crippen LogP contribution in [0.2, 0.25) is 0 Å². The van der Waals surface area contributed by atoms with Gasteiger partial charge in [0.15, 0.2) is 5.78 Å². The molecule has 2 aliphatic rings. The fraction of sp³-hybridized carbons (Fsp3) is 0.450. The molecule has 0 radical (unpaired) electrons. The van der Waals surface area contributed by atoms with Crippen molar-refractivity contribution in [3.63, 3.8) is 0 Å². The Hall–Kier alpha value is -2.45. The number of hydrogen-bond acceptors (Lipinski definition) is 5. The number of carbonyl (C=O) groups excluding carboxylic acids is 3. The molecule has 158 valence electrons. The number of ether oxygens (including phenoxy) is 1. The van der Waals surface area contributed by atoms with Crippen LogP contribution in [0.4, 0.5) is 4.39 Å². The van der Waals surface area contributed by atoms with Gasteiger partial charge in [-0.2, -0.15) is 0 Å². The molecule has 1 N–H and O–H groups in total. The summed E-state index contributed by atoms with van der Waals surface area (Å²) >= 11 is 0. The first-order chi connectivity index (χ1) is 13.4. The molecule has 2 amide bonds. The van der Waals surface area contributed by atoms with E-state index in [1.807, 2.05) is 0 Å². The second-order valence-corrected chi connectivity index (χ2v) is 6.94. The lowest BCUT2D eigenvalue weighted by molar-refractivity contribution is -0.146. The molecule has 0 aromatic heterocycles. The number of piperazine rings is 1. The average Bonchev–Trinajstić information content (AvgIpc) is 3.19. The molecule has 0 spiro atoms. The summed E-state index contributed by atoms with van der Waals surface area (Å²) in [6, 6.07) is 6.61. The Kier molecular flexibility index (Phi) is 7.75. The van der Waals surface area contributed by atoms with Crippen LogP contribution >= 0.6 is 12.4 Å². The number of hydrogen-bond donors (Lipinski definition) is 1. The summed E-state index contributed by atoms with van der Waals surface area (Å²) in [5.41, 5.74) is -1.38. The fourth-order valence-corrected chi connectivity index (χ4v) is 3.36. The largest absolute Gasteiger partial charge is 0.497 e. The normalized spacial score (nSPS) is 21.7. The summed E-state index contributed by atoms with van der Waals surface area (Å²) in [5, 5.41) is 2.87. The van der Waals surface area contributed by atoms with Crippen molar-refractivity contribution in [3.05, 3.63) is 42.0 Å². The summed E-state index contributed by atoms with van der Waals surface area (Å²) < 4.78 is 19.6. The molecule has 2 saturated heterocycles. The van der Waals surface area contributed by atoms with Crippen molar-refractivity contribution in [2.24, 2.45) is 0 Å². The Morgan fingerprint density at radius 2 is 1.69 bits per heavy atom. The number of methoxy groups -OCH3 is 1. The van der Waals surface area contributed by atoms with Crippen molar-refractivity contribution in [3.8, 4) is 5.75 Å². The first-order valence-electron chi connectivity index (χ1n) is 9.27. The summed E-state index contributed by atoms with van der Waals surface area (Å²) in [6.45, 7) is 1.74. The second-order valence-electron chi connectivity index (χ2n) is 6.94. The van der Waals surface area contributed by atoms with E-state index in [4.69, 9.17) is 4.74 Å². The summed E-state index contributed by atoms with van der Waals surface area (Å²) in [4.78, 5) is 39.9. The minimum atomic E-state index is -1.84. The van der Waals surface area contributed by atoms with Crippen LogP contribution < -0.4 is 10.1 Å². The van der Waals surface area contributed by atoms with E-state index in [0.717, 1.165) is 0 Å². The number of ketones is 1. The number of halogens is 2. The van der Waals surface area contributed by atoms with E-state index >= 15 is 0 Å². The van der Waals surface area contributed by atoms with E-state index in [0.29, 0.717) is 30.9 Å². The molecule has 29 heavy (non-hydrogen) atoms. The predicted octanol–water partition coefficient (Wildman–Crippen LogP) is 1.23. The molecular weight excluding hydrogens is 401 g/mol. The third-order valence-electron chi connectivity index (χ3n) is 5.12. The van der Waals surface area contributed by atoms with Crippen molar-refractivity contribution in [1.82, 2.24) is 15.1 Å². The van der Waals surface area contributed by atoms with Crippen LogP contribution in [0.1, 0.15) is 16.8 Å². The van der Waals surface area contributed by atoms with Gasteiger partial charge < -0.3 is 19.9 Å². The van der Waals surface area contributed by atoms with E-state index in [1.165, 1.54) is 17.1 Å². The summed E-state index contributed by atoms with van der Waals surface area (Å²) in [7, 11) is 1.54. The lowest BCUT2D eigenvalue weighted by atomic mass is 10.0. The lowest BCUT2D eigenvalue weighted by Gasteiger charge is -2.36. The molecule has 1 aromatic carbocycles. The number of amides is 2. The molecule has 7 nitrogen and oxygen atoms in total. The maximum absolute atomic E-state index is 14.6. The van der Waals surface area contributed by atoms with Crippen LogP contribution in [0.5, 0.6) is 5.75 Å². The summed E-state index contributed by atoms with van der Waals surface area (Å²) in [5.74, 6) is -0.438. The van der Waals surface area contributed by atoms with Gasteiger partial charge in [-0.25, -0.2) is 4.39 Å². The van der Waals surface area contributed by atoms with Crippen LogP contribution in [-0.2, 0) is 9.59 Å². The van der Waals surface area contributed by atoms with Gasteiger partial charge in [-0.3, -0.25) is 14.4 Å². The van der Waals surface area contributed by atoms with Gasteiger partial charge in [0.2, 0.25) is 11.6 Å². The molecule has 2 aliphatic heterocycles. The Labute approximate surface area is 175 Å². The van der Waals surface area contributed by atoms with Gasteiger partial charge >= 0.3 is 0 Å². The van der Waals surface area contributed by atoms with Gasteiger partial charge in [-0.15, -0.1) is 12.4 Å². The molecule has 0 aliphatic carbocycles. The molecular formula is C20H25ClFN3O4. The number of nitrogens with zero attached hydrogens (tertiary/aromatic N) is 2. The molecule has 1 unspecified atom stereocenters. The molecule has 2 heterocycles. The minimum absolute atomic E-state index is 0. The molecule has 0 bridgehead atoms. The first kappa shape index (κ1) is 22.8. The van der Waals surface area contributed by atoms with Gasteiger partial charge in [0.05, 0.1) is 7.11 Å². The highest BCUT2D eigenvalue weighted by molar-refractivity contribution is 6.07. The third-order valence-corrected chi connectivity index (χ3v) is 5.12. The zero-order valence-electron chi connectivity index (χ0n) is 16.2. The molecule has 1 atom stereocenters. The van der Waals surface area contributed by atoms with E-state index in [-0.39, 0.29) is 50.2 Å². The van der Waals surface area contributed by atoms with Crippen molar-refractivity contribution in [1.29, 1.82) is 0 Å². The monoisotopic (exact) mass is 425 g/mol. The molecule has 3 rings (SSSR count). The van der Waals surface area contributed by atoms with Gasteiger partial charge in [0, 0.05) is 50.8 Å². The quantitative estimate of drug-likeness (QED) is 0.567. The van der Waals surface area contributed by atoms with Gasteiger partial charge in [-0.05, 0) is 36.9 Å². The first-order valence-corrected chi connectivity index (χ1v) is 9.27. The van der Waals surface area contributed by atoms with Crippen LogP contribution in [-0.4, -0.2) is 79.4 Å². The fourth-order valence-electron chi connectivity index (χ4n) is 3.36.